The summed E-state index contributed by atoms with van der Waals surface area (Å²) in [5.41, 5.74) is 5.37. The molecule has 0 saturated heterocycles. The van der Waals surface area contributed by atoms with Crippen LogP contribution in [-0.2, 0) is 9.53 Å². The largest absolute Gasteiger partial charge is 0.495 e. The Morgan fingerprint density at radius 2 is 2.20 bits per heavy atom. The van der Waals surface area contributed by atoms with E-state index >= 15 is 0 Å². The van der Waals surface area contributed by atoms with Crippen LogP contribution in [-0.4, -0.2) is 30.9 Å². The fourth-order valence-electron chi connectivity index (χ4n) is 0.980. The van der Waals surface area contributed by atoms with Crippen molar-refractivity contribution in [2.45, 2.75) is 0 Å². The van der Waals surface area contributed by atoms with Gasteiger partial charge in [-0.3, -0.25) is 5.41 Å². The van der Waals surface area contributed by atoms with Gasteiger partial charge in [0.1, 0.15) is 11.6 Å². The number of pyridine rings is 1. The molecule has 0 amide bonds. The first-order valence-electron chi connectivity index (χ1n) is 4.07. The van der Waals surface area contributed by atoms with E-state index in [0.29, 0.717) is 5.75 Å². The smallest absolute Gasteiger partial charge is 0.356 e. The van der Waals surface area contributed by atoms with Crippen molar-refractivity contribution in [2.75, 3.05) is 20.0 Å². The zero-order valence-electron chi connectivity index (χ0n) is 8.40. The Hall–Kier alpha value is -2.11. The molecule has 0 unspecified atom stereocenters. The second-order valence-electron chi connectivity index (χ2n) is 2.67. The lowest BCUT2D eigenvalue weighted by atomic mass is 10.1. The van der Waals surface area contributed by atoms with Crippen LogP contribution in [0.15, 0.2) is 12.3 Å². The summed E-state index contributed by atoms with van der Waals surface area (Å²) in [7, 11) is 2.65. The molecule has 0 radical (unpaired) electrons. The van der Waals surface area contributed by atoms with Crippen LogP contribution in [0.4, 0.5) is 5.82 Å². The number of methoxy groups -OCH3 is 2. The Morgan fingerprint density at radius 3 is 2.73 bits per heavy atom. The highest BCUT2D eigenvalue weighted by Crippen LogP contribution is 2.17. The Labute approximate surface area is 86.5 Å². The maximum atomic E-state index is 11.1. The second-order valence-corrected chi connectivity index (χ2v) is 2.67. The molecular weight excluding hydrogens is 198 g/mol. The van der Waals surface area contributed by atoms with Crippen LogP contribution in [0.1, 0.15) is 5.56 Å². The molecule has 6 heteroatoms. The molecule has 15 heavy (non-hydrogen) atoms. The summed E-state index contributed by atoms with van der Waals surface area (Å²) in [6.07, 6.45) is 1.41. The zero-order valence-corrected chi connectivity index (χ0v) is 8.40. The van der Waals surface area contributed by atoms with Crippen LogP contribution in [0, 0.1) is 5.41 Å². The lowest BCUT2D eigenvalue weighted by Gasteiger charge is -2.06. The minimum absolute atomic E-state index is 0.0891. The lowest BCUT2D eigenvalue weighted by Crippen LogP contribution is -2.18. The first-order chi connectivity index (χ1) is 7.10. The van der Waals surface area contributed by atoms with Crippen molar-refractivity contribution in [3.8, 4) is 5.75 Å². The van der Waals surface area contributed by atoms with Gasteiger partial charge >= 0.3 is 5.97 Å². The average Bonchev–Trinajstić information content (AvgIpc) is 2.27. The molecule has 0 bridgehead atoms. The first-order valence-corrected chi connectivity index (χ1v) is 4.07. The van der Waals surface area contributed by atoms with Gasteiger partial charge in [-0.15, -0.1) is 0 Å². The normalized spacial score (nSPS) is 9.47. The van der Waals surface area contributed by atoms with Gasteiger partial charge in [-0.2, -0.15) is 0 Å². The number of nitrogens with two attached hydrogens (primary N) is 1. The molecule has 0 aliphatic heterocycles. The Balaban J connectivity index is 3.12. The molecule has 0 fully saturated rings. The van der Waals surface area contributed by atoms with Crippen molar-refractivity contribution in [3.05, 3.63) is 17.8 Å². The number of anilines is 1. The molecule has 1 heterocycles. The quantitative estimate of drug-likeness (QED) is 0.547. The molecule has 6 nitrogen and oxygen atoms in total. The predicted octanol–water partition coefficient (Wildman–Crippen LogP) is 0.213. The monoisotopic (exact) mass is 209 g/mol. The van der Waals surface area contributed by atoms with E-state index in [4.69, 9.17) is 15.9 Å². The molecule has 1 rings (SSSR count). The van der Waals surface area contributed by atoms with Crippen LogP contribution < -0.4 is 10.5 Å². The molecule has 0 spiro atoms. The number of rotatable bonds is 3. The maximum absolute atomic E-state index is 11.1. The van der Waals surface area contributed by atoms with Crippen LogP contribution in [0.25, 0.3) is 0 Å². The number of esters is 1. The summed E-state index contributed by atoms with van der Waals surface area (Å²) in [6, 6.07) is 1.46. The third-order valence-corrected chi connectivity index (χ3v) is 1.79. The summed E-state index contributed by atoms with van der Waals surface area (Å²) in [6.45, 7) is 0. The van der Waals surface area contributed by atoms with Gasteiger partial charge in [0, 0.05) is 0 Å². The molecule has 0 aliphatic carbocycles. The van der Waals surface area contributed by atoms with Crippen molar-refractivity contribution in [3.63, 3.8) is 0 Å². The van der Waals surface area contributed by atoms with Crippen LogP contribution in [0.3, 0.4) is 0 Å². The summed E-state index contributed by atoms with van der Waals surface area (Å²) < 4.78 is 9.31. The van der Waals surface area contributed by atoms with E-state index in [0.717, 1.165) is 0 Å². The van der Waals surface area contributed by atoms with Gasteiger partial charge in [0.25, 0.3) is 0 Å². The zero-order chi connectivity index (χ0) is 11.4. The average molecular weight is 209 g/mol. The number of carbonyl (C=O) groups is 1. The van der Waals surface area contributed by atoms with E-state index in [1.54, 1.807) is 0 Å². The van der Waals surface area contributed by atoms with E-state index in [2.05, 4.69) is 9.72 Å². The molecule has 3 N–H and O–H groups in total. The van der Waals surface area contributed by atoms with Crippen LogP contribution >= 0.6 is 0 Å². The van der Waals surface area contributed by atoms with Gasteiger partial charge < -0.3 is 15.2 Å². The molecule has 0 saturated carbocycles. The Bertz CT molecular complexity index is 404. The summed E-state index contributed by atoms with van der Waals surface area (Å²) in [5.74, 6) is -0.254. The number of hydrogen-bond acceptors (Lipinski definition) is 6. The lowest BCUT2D eigenvalue weighted by molar-refractivity contribution is -0.132. The maximum Gasteiger partial charge on any atom is 0.356 e. The number of nitrogens with zero attached hydrogens (tertiary/aromatic N) is 1. The van der Waals surface area contributed by atoms with Crippen molar-refractivity contribution >= 4 is 17.5 Å². The van der Waals surface area contributed by atoms with Gasteiger partial charge in [0.15, 0.2) is 5.71 Å². The third-order valence-electron chi connectivity index (χ3n) is 1.79. The fraction of sp³-hybridized carbons (Fsp3) is 0.222. The first kappa shape index (κ1) is 11.0. The van der Waals surface area contributed by atoms with Crippen molar-refractivity contribution in [1.82, 2.24) is 4.98 Å². The minimum Gasteiger partial charge on any atom is -0.495 e. The van der Waals surface area contributed by atoms with E-state index in [1.807, 2.05) is 0 Å². The van der Waals surface area contributed by atoms with Crippen molar-refractivity contribution in [1.29, 1.82) is 5.41 Å². The minimum atomic E-state index is -0.767. The molecule has 0 aromatic carbocycles. The second kappa shape index (κ2) is 4.41. The van der Waals surface area contributed by atoms with Crippen molar-refractivity contribution in [2.24, 2.45) is 0 Å². The molecule has 0 atom stereocenters. The highest BCUT2D eigenvalue weighted by molar-refractivity contribution is 6.42. The standard InChI is InChI=1S/C9H11N3O3/c1-14-5-3-6(8(11)12-4-5)7(10)9(13)15-2/h3-4,10H,1-2H3,(H2,11,12). The highest BCUT2D eigenvalue weighted by Gasteiger charge is 2.16. The Kier molecular flexibility index (Phi) is 3.22. The predicted molar refractivity (Wildman–Crippen MR) is 54.0 cm³/mol. The van der Waals surface area contributed by atoms with Gasteiger partial charge in [0.05, 0.1) is 26.0 Å². The summed E-state index contributed by atoms with van der Waals surface area (Å²) in [5, 5.41) is 7.50. The number of carbonyl (C=O) groups excluding carboxylic acids is 1. The third kappa shape index (κ3) is 2.22. The van der Waals surface area contributed by atoms with E-state index in [-0.39, 0.29) is 17.1 Å². The van der Waals surface area contributed by atoms with E-state index in [1.165, 1.54) is 26.5 Å². The molecule has 1 aromatic rings. The number of hydrogen-bond donors (Lipinski definition) is 2. The van der Waals surface area contributed by atoms with Crippen LogP contribution in [0.5, 0.6) is 5.75 Å². The SMILES string of the molecule is COC(=O)C(=N)c1cc(OC)cnc1N. The van der Waals surface area contributed by atoms with Gasteiger partial charge in [-0.1, -0.05) is 0 Å². The van der Waals surface area contributed by atoms with E-state index in [9.17, 15) is 4.79 Å². The van der Waals surface area contributed by atoms with Gasteiger partial charge in [0.2, 0.25) is 0 Å². The highest BCUT2D eigenvalue weighted by atomic mass is 16.5. The molecule has 0 aliphatic rings. The van der Waals surface area contributed by atoms with E-state index < -0.39 is 5.97 Å². The fourth-order valence-corrected chi connectivity index (χ4v) is 0.980. The number of nitrogens with one attached hydrogen (secondary N) is 1. The number of aromatic nitrogens is 1. The number of nitrogen functional groups attached to an aromatic ring is 1. The van der Waals surface area contributed by atoms with Crippen LogP contribution in [0.2, 0.25) is 0 Å². The van der Waals surface area contributed by atoms with Gasteiger partial charge in [-0.25, -0.2) is 9.78 Å². The summed E-state index contributed by atoms with van der Waals surface area (Å²) in [4.78, 5) is 14.9. The Morgan fingerprint density at radius 1 is 1.53 bits per heavy atom. The topological polar surface area (TPSA) is 98.3 Å². The molecular formula is C9H11N3O3. The van der Waals surface area contributed by atoms with Gasteiger partial charge in [-0.05, 0) is 6.07 Å². The number of ether oxygens (including phenoxy) is 2. The van der Waals surface area contributed by atoms with Crippen molar-refractivity contribution < 1.29 is 14.3 Å². The molecule has 1 aromatic heterocycles. The summed E-state index contributed by atoms with van der Waals surface area (Å²) >= 11 is 0. The molecule has 80 valence electrons.